The van der Waals surface area contributed by atoms with Gasteiger partial charge in [0.25, 0.3) is 5.91 Å². The minimum Gasteiger partial charge on any atom is -0.381 e. The maximum atomic E-state index is 11.3. The molecule has 1 atom stereocenters. The molecule has 0 bridgehead atoms. The highest BCUT2D eigenvalue weighted by atomic mass is 16.5. The van der Waals surface area contributed by atoms with Crippen molar-refractivity contribution < 1.29 is 14.3 Å². The number of methoxy groups -OCH3 is 1. The number of hydrazine groups is 1. The summed E-state index contributed by atoms with van der Waals surface area (Å²) >= 11 is 0. The molecule has 0 aliphatic heterocycles. The lowest BCUT2D eigenvalue weighted by molar-refractivity contribution is -0.137. The van der Waals surface area contributed by atoms with Gasteiger partial charge in [0.05, 0.1) is 13.2 Å². The Balaban J connectivity index is 2.47. The zero-order valence-corrected chi connectivity index (χ0v) is 9.18. The number of benzene rings is 1. The molecule has 88 valence electrons. The van der Waals surface area contributed by atoms with Crippen LogP contribution in [0, 0.1) is 0 Å². The van der Waals surface area contributed by atoms with Gasteiger partial charge in [-0.1, -0.05) is 30.3 Å². The third-order valence-corrected chi connectivity index (χ3v) is 2.05. The fourth-order valence-electron chi connectivity index (χ4n) is 1.21. The van der Waals surface area contributed by atoms with Crippen LogP contribution < -0.4 is 11.3 Å². The standard InChI is InChI=1S/C11H16N2O3/c1-15-8-10(11(14)13-12)16-7-9-5-3-2-4-6-9/h2-6,10H,7-8,12H2,1H3,(H,13,14). The first-order chi connectivity index (χ1) is 7.77. The van der Waals surface area contributed by atoms with Gasteiger partial charge in [-0.05, 0) is 5.56 Å². The number of rotatable bonds is 6. The third-order valence-electron chi connectivity index (χ3n) is 2.05. The van der Waals surface area contributed by atoms with Crippen LogP contribution in [0.1, 0.15) is 5.56 Å². The normalized spacial score (nSPS) is 12.1. The molecule has 0 aliphatic carbocycles. The predicted octanol–water partition coefficient (Wildman–Crippen LogP) is 0.208. The highest BCUT2D eigenvalue weighted by Gasteiger charge is 2.17. The Bertz CT molecular complexity index is 316. The summed E-state index contributed by atoms with van der Waals surface area (Å²) in [5, 5.41) is 0. The summed E-state index contributed by atoms with van der Waals surface area (Å²) in [4.78, 5) is 11.3. The molecule has 1 rings (SSSR count). The lowest BCUT2D eigenvalue weighted by Crippen LogP contribution is -2.42. The van der Waals surface area contributed by atoms with E-state index in [2.05, 4.69) is 0 Å². The zero-order valence-electron chi connectivity index (χ0n) is 9.18. The molecular weight excluding hydrogens is 208 g/mol. The Morgan fingerprint density at radius 1 is 1.44 bits per heavy atom. The number of carbonyl (C=O) groups is 1. The zero-order chi connectivity index (χ0) is 11.8. The fourth-order valence-corrected chi connectivity index (χ4v) is 1.21. The number of amides is 1. The van der Waals surface area contributed by atoms with Crippen molar-refractivity contribution in [2.45, 2.75) is 12.7 Å². The van der Waals surface area contributed by atoms with Crippen molar-refractivity contribution in [2.24, 2.45) is 5.84 Å². The number of nitrogens with one attached hydrogen (secondary N) is 1. The van der Waals surface area contributed by atoms with Gasteiger partial charge in [-0.15, -0.1) is 0 Å². The minimum absolute atomic E-state index is 0.176. The maximum absolute atomic E-state index is 11.3. The topological polar surface area (TPSA) is 73.6 Å². The van der Waals surface area contributed by atoms with E-state index in [0.29, 0.717) is 6.61 Å². The Labute approximate surface area is 94.5 Å². The quantitative estimate of drug-likeness (QED) is 0.411. The first-order valence-electron chi connectivity index (χ1n) is 4.93. The molecule has 1 aromatic rings. The maximum Gasteiger partial charge on any atom is 0.265 e. The smallest absolute Gasteiger partial charge is 0.265 e. The van der Waals surface area contributed by atoms with Crippen molar-refractivity contribution in [3.05, 3.63) is 35.9 Å². The van der Waals surface area contributed by atoms with E-state index in [4.69, 9.17) is 15.3 Å². The Morgan fingerprint density at radius 2 is 2.12 bits per heavy atom. The third kappa shape index (κ3) is 3.98. The van der Waals surface area contributed by atoms with E-state index in [1.807, 2.05) is 35.8 Å². The van der Waals surface area contributed by atoms with Crippen LogP contribution in [-0.2, 0) is 20.9 Å². The van der Waals surface area contributed by atoms with Gasteiger partial charge in [-0.25, -0.2) is 5.84 Å². The fraction of sp³-hybridized carbons (Fsp3) is 0.364. The first kappa shape index (κ1) is 12.6. The van der Waals surface area contributed by atoms with Crippen LogP contribution in [0.4, 0.5) is 0 Å². The van der Waals surface area contributed by atoms with E-state index in [0.717, 1.165) is 5.56 Å². The average molecular weight is 224 g/mol. The van der Waals surface area contributed by atoms with Crippen molar-refractivity contribution >= 4 is 5.91 Å². The molecule has 0 aromatic heterocycles. The van der Waals surface area contributed by atoms with Gasteiger partial charge in [0.2, 0.25) is 0 Å². The van der Waals surface area contributed by atoms with E-state index in [1.54, 1.807) is 0 Å². The van der Waals surface area contributed by atoms with Crippen LogP contribution >= 0.6 is 0 Å². The Morgan fingerprint density at radius 3 is 2.69 bits per heavy atom. The Hall–Kier alpha value is -1.43. The molecule has 5 nitrogen and oxygen atoms in total. The highest BCUT2D eigenvalue weighted by Crippen LogP contribution is 2.03. The van der Waals surface area contributed by atoms with Gasteiger partial charge in [-0.3, -0.25) is 10.2 Å². The van der Waals surface area contributed by atoms with Crippen LogP contribution in [0.5, 0.6) is 0 Å². The molecule has 1 amide bonds. The van der Waals surface area contributed by atoms with Gasteiger partial charge < -0.3 is 9.47 Å². The summed E-state index contributed by atoms with van der Waals surface area (Å²) in [5.74, 6) is 4.65. The number of nitrogens with two attached hydrogens (primary N) is 1. The molecule has 1 aromatic carbocycles. The molecule has 1 unspecified atom stereocenters. The number of hydrogen-bond donors (Lipinski definition) is 2. The molecule has 0 saturated carbocycles. The molecule has 0 aliphatic rings. The second-order valence-corrected chi connectivity index (χ2v) is 3.25. The molecule has 5 heteroatoms. The Kier molecular flexibility index (Phi) is 5.49. The van der Waals surface area contributed by atoms with Gasteiger partial charge in [0.1, 0.15) is 0 Å². The van der Waals surface area contributed by atoms with E-state index < -0.39 is 12.0 Å². The van der Waals surface area contributed by atoms with Crippen molar-refractivity contribution in [2.75, 3.05) is 13.7 Å². The average Bonchev–Trinajstić information content (AvgIpc) is 2.34. The highest BCUT2D eigenvalue weighted by molar-refractivity contribution is 5.80. The first-order valence-corrected chi connectivity index (χ1v) is 4.93. The summed E-state index contributed by atoms with van der Waals surface area (Å²) in [6.45, 7) is 0.526. The molecule has 0 fully saturated rings. The minimum atomic E-state index is -0.685. The van der Waals surface area contributed by atoms with Gasteiger partial charge >= 0.3 is 0 Å². The summed E-state index contributed by atoms with van der Waals surface area (Å²) in [5.41, 5.74) is 3.04. The van der Waals surface area contributed by atoms with Crippen molar-refractivity contribution in [3.63, 3.8) is 0 Å². The summed E-state index contributed by atoms with van der Waals surface area (Å²) in [6.07, 6.45) is -0.685. The number of hydrogen-bond acceptors (Lipinski definition) is 4. The van der Waals surface area contributed by atoms with Crippen molar-refractivity contribution in [1.82, 2.24) is 5.43 Å². The van der Waals surface area contributed by atoms with Crippen LogP contribution in [-0.4, -0.2) is 25.7 Å². The van der Waals surface area contributed by atoms with Crippen LogP contribution in [0.2, 0.25) is 0 Å². The van der Waals surface area contributed by atoms with Crippen molar-refractivity contribution in [3.8, 4) is 0 Å². The lowest BCUT2D eigenvalue weighted by Gasteiger charge is -2.15. The molecule has 0 radical (unpaired) electrons. The van der Waals surface area contributed by atoms with Gasteiger partial charge in [0, 0.05) is 7.11 Å². The lowest BCUT2D eigenvalue weighted by atomic mass is 10.2. The molecule has 16 heavy (non-hydrogen) atoms. The van der Waals surface area contributed by atoms with E-state index in [-0.39, 0.29) is 6.61 Å². The summed E-state index contributed by atoms with van der Waals surface area (Å²) < 4.78 is 10.3. The SMILES string of the molecule is COCC(OCc1ccccc1)C(=O)NN. The summed E-state index contributed by atoms with van der Waals surface area (Å²) in [6, 6.07) is 9.58. The van der Waals surface area contributed by atoms with Crippen LogP contribution in [0.25, 0.3) is 0 Å². The van der Waals surface area contributed by atoms with Gasteiger partial charge in [0.15, 0.2) is 6.10 Å². The number of ether oxygens (including phenoxy) is 2. The van der Waals surface area contributed by atoms with Crippen LogP contribution in [0.15, 0.2) is 30.3 Å². The molecule has 3 N–H and O–H groups in total. The molecule has 0 saturated heterocycles. The van der Waals surface area contributed by atoms with E-state index in [1.165, 1.54) is 7.11 Å². The molecular formula is C11H16N2O3. The second kappa shape index (κ2) is 6.95. The predicted molar refractivity (Wildman–Crippen MR) is 59.2 cm³/mol. The van der Waals surface area contributed by atoms with E-state index in [9.17, 15) is 4.79 Å². The monoisotopic (exact) mass is 224 g/mol. The second-order valence-electron chi connectivity index (χ2n) is 3.25. The van der Waals surface area contributed by atoms with E-state index >= 15 is 0 Å². The molecule has 0 spiro atoms. The summed E-state index contributed by atoms with van der Waals surface area (Å²) in [7, 11) is 1.50. The number of carbonyl (C=O) groups excluding carboxylic acids is 1. The largest absolute Gasteiger partial charge is 0.381 e. The van der Waals surface area contributed by atoms with Crippen LogP contribution in [0.3, 0.4) is 0 Å². The van der Waals surface area contributed by atoms with Crippen molar-refractivity contribution in [1.29, 1.82) is 0 Å². The van der Waals surface area contributed by atoms with Gasteiger partial charge in [-0.2, -0.15) is 0 Å². The molecule has 0 heterocycles.